The Bertz CT molecular complexity index is 918. The lowest BCUT2D eigenvalue weighted by atomic mass is 10.2. The lowest BCUT2D eigenvalue weighted by molar-refractivity contribution is -0.570. The Hall–Kier alpha value is -2.46. The quantitative estimate of drug-likeness (QED) is 0.615. The number of aryl methyl sites for hydroxylation is 1. The average molecular weight is 340 g/mol. The van der Waals surface area contributed by atoms with Crippen LogP contribution >= 0.6 is 11.8 Å². The minimum absolute atomic E-state index is 0.179. The van der Waals surface area contributed by atoms with Crippen molar-refractivity contribution in [3.05, 3.63) is 52.4 Å². The van der Waals surface area contributed by atoms with Gasteiger partial charge in [-0.2, -0.15) is 5.26 Å². The Morgan fingerprint density at radius 1 is 1.25 bits per heavy atom. The molecule has 0 bridgehead atoms. The Morgan fingerprint density at radius 2 is 2.00 bits per heavy atom. The van der Waals surface area contributed by atoms with Crippen LogP contribution in [0.5, 0.6) is 5.75 Å². The van der Waals surface area contributed by atoms with E-state index in [-0.39, 0.29) is 5.50 Å². The number of thioether (sulfide) groups is 1. The van der Waals surface area contributed by atoms with Crippen molar-refractivity contribution in [3.63, 3.8) is 0 Å². The highest BCUT2D eigenvalue weighted by molar-refractivity contribution is 7.99. The second-order valence-corrected chi connectivity index (χ2v) is 6.61. The molecule has 2 heterocycles. The van der Waals surface area contributed by atoms with Gasteiger partial charge in [-0.1, -0.05) is 26.9 Å². The highest BCUT2D eigenvalue weighted by atomic mass is 32.2. The summed E-state index contributed by atoms with van der Waals surface area (Å²) in [7, 11) is 0. The van der Waals surface area contributed by atoms with Crippen molar-refractivity contribution in [2.75, 3.05) is 12.4 Å². The zero-order valence-corrected chi connectivity index (χ0v) is 14.7. The summed E-state index contributed by atoms with van der Waals surface area (Å²) in [6.07, 6.45) is 0. The van der Waals surface area contributed by atoms with Crippen molar-refractivity contribution in [2.24, 2.45) is 10.1 Å². The molecule has 0 aliphatic carbocycles. The Morgan fingerprint density at radius 3 is 2.71 bits per heavy atom. The van der Waals surface area contributed by atoms with Crippen molar-refractivity contribution in [1.29, 1.82) is 5.26 Å². The molecule has 1 aromatic heterocycles. The molecule has 0 amide bonds. The maximum Gasteiger partial charge on any atom is 0.455 e. The van der Waals surface area contributed by atoms with Crippen LogP contribution in [0.2, 0.25) is 0 Å². The molecule has 0 saturated carbocycles. The van der Waals surface area contributed by atoms with Gasteiger partial charge in [0.15, 0.2) is 0 Å². The summed E-state index contributed by atoms with van der Waals surface area (Å²) in [5.41, 5.74) is 4.34. The van der Waals surface area contributed by atoms with E-state index in [9.17, 15) is 0 Å². The van der Waals surface area contributed by atoms with E-state index in [1.807, 2.05) is 25.1 Å². The van der Waals surface area contributed by atoms with Gasteiger partial charge in [-0.3, -0.25) is 0 Å². The molecule has 3 rings (SSSR count). The Labute approximate surface area is 144 Å². The fourth-order valence-electron chi connectivity index (χ4n) is 2.31. The lowest BCUT2D eigenvalue weighted by Crippen LogP contribution is -2.41. The van der Waals surface area contributed by atoms with Crippen molar-refractivity contribution >= 4 is 11.8 Å². The van der Waals surface area contributed by atoms with Gasteiger partial charge in [0.05, 0.1) is 18.2 Å². The first-order chi connectivity index (χ1) is 11.6. The molecule has 6 nitrogen and oxygen atoms in total. The molecule has 122 valence electrons. The van der Waals surface area contributed by atoms with Gasteiger partial charge in [-0.25, -0.2) is 0 Å². The van der Waals surface area contributed by atoms with Gasteiger partial charge in [0.2, 0.25) is 0 Å². The molecule has 1 atom stereocenters. The number of ether oxygens (including phenoxy) is 1. The number of fused-ring (bicyclic) bond motifs is 1. The molecule has 7 heteroatoms. The number of benzene rings is 1. The summed E-state index contributed by atoms with van der Waals surface area (Å²) in [4.78, 5) is 9.03. The largest absolute Gasteiger partial charge is 0.493 e. The maximum atomic E-state index is 8.77. The third-order valence-corrected chi connectivity index (χ3v) is 4.80. The van der Waals surface area contributed by atoms with Crippen molar-refractivity contribution in [1.82, 2.24) is 4.98 Å². The van der Waals surface area contributed by atoms with Crippen LogP contribution in [0.15, 0.2) is 34.4 Å². The van der Waals surface area contributed by atoms with Gasteiger partial charge in [0, 0.05) is 11.3 Å². The van der Waals surface area contributed by atoms with E-state index in [1.54, 1.807) is 36.0 Å². The predicted octanol–water partition coefficient (Wildman–Crippen LogP) is 1.93. The zero-order valence-electron chi connectivity index (χ0n) is 13.9. The zero-order chi connectivity index (χ0) is 17.1. The van der Waals surface area contributed by atoms with Crippen LogP contribution in [0.25, 0.3) is 0 Å². The summed E-state index contributed by atoms with van der Waals surface area (Å²) in [6, 6.07) is 9.19. The second kappa shape index (κ2) is 6.97. The van der Waals surface area contributed by atoms with Gasteiger partial charge in [0.1, 0.15) is 17.1 Å². The summed E-state index contributed by atoms with van der Waals surface area (Å²) in [6.45, 7) is 6.63. The van der Waals surface area contributed by atoms with Gasteiger partial charge in [0.25, 0.3) is 5.50 Å². The standard InChI is InChI=1S/C17H18N5OS/c1-11-12(2)19-16-20-17(21-22(16)13(11)3)24-9-8-23-15-6-4-14(10-18)5-7-15/h4-7,17H,8-9H2,1-3H3/q+1. The van der Waals surface area contributed by atoms with Crippen LogP contribution in [-0.2, 0) is 0 Å². The number of aromatic nitrogens is 2. The van der Waals surface area contributed by atoms with Gasteiger partial charge in [-0.05, 0) is 45.0 Å². The fourth-order valence-corrected chi connectivity index (χ4v) is 3.03. The molecular formula is C17H18N5OS+. The fraction of sp³-hybridized carbons (Fsp3) is 0.353. The highest BCUT2D eigenvalue weighted by Crippen LogP contribution is 2.16. The van der Waals surface area contributed by atoms with Crippen LogP contribution in [0.3, 0.4) is 0 Å². The molecular weight excluding hydrogens is 322 g/mol. The molecule has 1 aliphatic rings. The summed E-state index contributed by atoms with van der Waals surface area (Å²) in [5.74, 6) is 1.53. The first-order valence-electron chi connectivity index (χ1n) is 7.65. The van der Waals surface area contributed by atoms with Crippen LogP contribution in [-0.4, -0.2) is 22.8 Å². The molecule has 0 N–H and O–H groups in total. The Kier molecular flexibility index (Phi) is 4.76. The molecule has 0 radical (unpaired) electrons. The van der Waals surface area contributed by atoms with E-state index >= 15 is 0 Å². The van der Waals surface area contributed by atoms with Crippen LogP contribution in [0.4, 0.5) is 0 Å². The maximum absolute atomic E-state index is 8.77. The van der Waals surface area contributed by atoms with Gasteiger partial charge >= 0.3 is 5.62 Å². The van der Waals surface area contributed by atoms with Gasteiger partial charge in [-0.15, -0.1) is 4.36 Å². The number of nitrogens with zero attached hydrogens (tertiary/aromatic N) is 5. The van der Waals surface area contributed by atoms with E-state index in [1.165, 1.54) is 0 Å². The van der Waals surface area contributed by atoms with Crippen molar-refractivity contribution in [2.45, 2.75) is 26.3 Å². The minimum Gasteiger partial charge on any atom is -0.493 e. The molecule has 0 spiro atoms. The highest BCUT2D eigenvalue weighted by Gasteiger charge is 2.23. The number of nitriles is 1. The van der Waals surface area contributed by atoms with E-state index in [2.05, 4.69) is 21.2 Å². The summed E-state index contributed by atoms with van der Waals surface area (Å²) in [5, 5.41) is 13.3. The topological polar surface area (TPSA) is 76.5 Å². The third-order valence-electron chi connectivity index (χ3n) is 3.90. The molecule has 24 heavy (non-hydrogen) atoms. The molecule has 0 saturated heterocycles. The number of hydrogen-bond donors (Lipinski definition) is 0. The molecule has 0 fully saturated rings. The first-order valence-corrected chi connectivity index (χ1v) is 8.70. The minimum atomic E-state index is -0.179. The molecule has 1 aromatic carbocycles. The monoisotopic (exact) mass is 340 g/mol. The van der Waals surface area contributed by atoms with Crippen LogP contribution in [0, 0.1) is 32.1 Å². The lowest BCUT2D eigenvalue weighted by Gasteiger charge is -2.05. The third kappa shape index (κ3) is 3.39. The second-order valence-electron chi connectivity index (χ2n) is 5.45. The first kappa shape index (κ1) is 16.4. The van der Waals surface area contributed by atoms with E-state index in [0.717, 1.165) is 28.5 Å². The molecule has 1 aliphatic heterocycles. The predicted molar refractivity (Wildman–Crippen MR) is 90.5 cm³/mol. The van der Waals surface area contributed by atoms with Gasteiger partial charge < -0.3 is 4.74 Å². The molecule has 2 aromatic rings. The smallest absolute Gasteiger partial charge is 0.455 e. The van der Waals surface area contributed by atoms with Crippen LogP contribution < -0.4 is 14.7 Å². The molecule has 1 unspecified atom stereocenters. The van der Waals surface area contributed by atoms with Crippen molar-refractivity contribution < 1.29 is 9.10 Å². The van der Waals surface area contributed by atoms with Crippen LogP contribution in [0.1, 0.15) is 22.5 Å². The van der Waals surface area contributed by atoms with Crippen molar-refractivity contribution in [3.8, 4) is 11.8 Å². The number of hydrogen-bond acceptors (Lipinski definition) is 6. The van der Waals surface area contributed by atoms with E-state index in [0.29, 0.717) is 17.8 Å². The summed E-state index contributed by atoms with van der Waals surface area (Å²) < 4.78 is 7.49. The normalized spacial score (nSPS) is 15.2. The van der Waals surface area contributed by atoms with E-state index in [4.69, 9.17) is 10.00 Å². The summed E-state index contributed by atoms with van der Waals surface area (Å²) >= 11 is 1.62. The Balaban J connectivity index is 1.56. The van der Waals surface area contributed by atoms with E-state index < -0.39 is 0 Å². The number of rotatable bonds is 5. The average Bonchev–Trinajstić information content (AvgIpc) is 3.00. The SMILES string of the molecule is Cc1nc2[n+](c(C)c1C)=NC(SCCOc1ccc(C#N)cc1)N=2.